The van der Waals surface area contributed by atoms with Gasteiger partial charge in [0.05, 0.1) is 6.61 Å². The molecule has 1 aliphatic rings. The second-order valence-electron chi connectivity index (χ2n) is 5.34. The average Bonchev–Trinajstić information content (AvgIpc) is 2.46. The van der Waals surface area contributed by atoms with Crippen molar-refractivity contribution in [2.24, 2.45) is 0 Å². The summed E-state index contributed by atoms with van der Waals surface area (Å²) in [6.45, 7) is 2.17. The van der Waals surface area contributed by atoms with Gasteiger partial charge in [-0.2, -0.15) is 0 Å². The van der Waals surface area contributed by atoms with Gasteiger partial charge in [0.25, 0.3) is 0 Å². The third kappa shape index (κ3) is 5.27. The van der Waals surface area contributed by atoms with E-state index in [1.54, 1.807) is 0 Å². The molecule has 1 rings (SSSR count). The summed E-state index contributed by atoms with van der Waals surface area (Å²) in [4.78, 5) is 0. The molecule has 20 heavy (non-hydrogen) atoms. The molecule has 0 aliphatic carbocycles. The first kappa shape index (κ1) is 17.8. The summed E-state index contributed by atoms with van der Waals surface area (Å²) in [5, 5.41) is 38.0. The zero-order valence-corrected chi connectivity index (χ0v) is 12.1. The lowest BCUT2D eigenvalue weighted by molar-refractivity contribution is -0.301. The maximum Gasteiger partial charge on any atom is 0.186 e. The Hall–Kier alpha value is -0.240. The topological polar surface area (TPSA) is 99.4 Å². The Kier molecular flexibility index (Phi) is 8.60. The third-order valence-corrected chi connectivity index (χ3v) is 3.63. The summed E-state index contributed by atoms with van der Waals surface area (Å²) in [6.07, 6.45) is 0.851. The van der Waals surface area contributed by atoms with Crippen molar-refractivity contribution in [3.63, 3.8) is 0 Å². The molecule has 6 heteroatoms. The molecule has 0 aromatic rings. The van der Waals surface area contributed by atoms with E-state index in [0.29, 0.717) is 6.61 Å². The number of rotatable bonds is 9. The maximum atomic E-state index is 9.75. The van der Waals surface area contributed by atoms with Crippen molar-refractivity contribution in [2.75, 3.05) is 13.2 Å². The van der Waals surface area contributed by atoms with E-state index >= 15 is 0 Å². The van der Waals surface area contributed by atoms with Crippen LogP contribution in [0, 0.1) is 0 Å². The number of ether oxygens (including phenoxy) is 2. The lowest BCUT2D eigenvalue weighted by atomic mass is 9.99. The summed E-state index contributed by atoms with van der Waals surface area (Å²) in [7, 11) is 0. The minimum absolute atomic E-state index is 0.425. The molecule has 5 atom stereocenters. The molecule has 0 unspecified atom stereocenters. The number of unbranched alkanes of at least 4 members (excludes halogenated alkanes) is 5. The lowest BCUT2D eigenvalue weighted by Gasteiger charge is -2.39. The van der Waals surface area contributed by atoms with Crippen molar-refractivity contribution in [3.05, 3.63) is 0 Å². The van der Waals surface area contributed by atoms with E-state index < -0.39 is 37.3 Å². The van der Waals surface area contributed by atoms with Crippen molar-refractivity contribution < 1.29 is 29.9 Å². The minimum Gasteiger partial charge on any atom is -0.394 e. The molecule has 0 saturated carbocycles. The Bertz CT molecular complexity index is 248. The normalized spacial score (nSPS) is 34.4. The van der Waals surface area contributed by atoms with Gasteiger partial charge in [-0.25, -0.2) is 0 Å². The summed E-state index contributed by atoms with van der Waals surface area (Å²) in [5.74, 6) is 0. The van der Waals surface area contributed by atoms with Gasteiger partial charge in [-0.3, -0.25) is 0 Å². The molecule has 0 aromatic heterocycles. The lowest BCUT2D eigenvalue weighted by Crippen LogP contribution is -2.59. The fourth-order valence-electron chi connectivity index (χ4n) is 2.29. The highest BCUT2D eigenvalue weighted by Gasteiger charge is 2.43. The van der Waals surface area contributed by atoms with Crippen LogP contribution in [0.3, 0.4) is 0 Å². The van der Waals surface area contributed by atoms with Crippen molar-refractivity contribution >= 4 is 0 Å². The molecule has 1 heterocycles. The molecule has 0 bridgehead atoms. The first-order valence-electron chi connectivity index (χ1n) is 7.54. The fourth-order valence-corrected chi connectivity index (χ4v) is 2.29. The SMILES string of the molecule is CCCCCCCCO[C@@H]1O[C@H](CO)[C@H](O)[C@@H](O)[C@H]1O. The van der Waals surface area contributed by atoms with E-state index in [4.69, 9.17) is 14.6 Å². The number of hydrogen-bond donors (Lipinski definition) is 4. The molecule has 0 radical (unpaired) electrons. The van der Waals surface area contributed by atoms with Crippen molar-refractivity contribution in [3.8, 4) is 0 Å². The van der Waals surface area contributed by atoms with Crippen LogP contribution in [0.15, 0.2) is 0 Å². The van der Waals surface area contributed by atoms with Gasteiger partial charge in [-0.15, -0.1) is 0 Å². The van der Waals surface area contributed by atoms with E-state index in [0.717, 1.165) is 19.3 Å². The van der Waals surface area contributed by atoms with E-state index in [1.165, 1.54) is 19.3 Å². The predicted octanol–water partition coefficient (Wildman–Crippen LogP) is 0.163. The second-order valence-corrected chi connectivity index (χ2v) is 5.34. The molecule has 6 nitrogen and oxygen atoms in total. The third-order valence-electron chi connectivity index (χ3n) is 3.63. The molecule has 120 valence electrons. The first-order chi connectivity index (χ1) is 9.61. The Balaban J connectivity index is 2.21. The highest BCUT2D eigenvalue weighted by atomic mass is 16.7. The second kappa shape index (κ2) is 9.65. The molecule has 0 aromatic carbocycles. The first-order valence-corrected chi connectivity index (χ1v) is 7.54. The molecule has 1 saturated heterocycles. The van der Waals surface area contributed by atoms with Crippen LogP contribution in [0.1, 0.15) is 45.4 Å². The van der Waals surface area contributed by atoms with Gasteiger partial charge in [-0.1, -0.05) is 39.0 Å². The Morgan fingerprint density at radius 1 is 0.900 bits per heavy atom. The standard InChI is InChI=1S/C14H28O6/c1-2-3-4-5-6-7-8-19-14-13(18)12(17)11(16)10(9-15)20-14/h10-18H,2-9H2,1H3/t10-,11+,12-,13-,14-/m1/s1. The molecule has 0 spiro atoms. The van der Waals surface area contributed by atoms with Crippen LogP contribution in [-0.4, -0.2) is 64.3 Å². The van der Waals surface area contributed by atoms with Gasteiger partial charge in [0.2, 0.25) is 0 Å². The summed E-state index contributed by atoms with van der Waals surface area (Å²) in [5.41, 5.74) is 0. The molecule has 1 fully saturated rings. The van der Waals surface area contributed by atoms with Gasteiger partial charge in [0, 0.05) is 6.61 Å². The summed E-state index contributed by atoms with van der Waals surface area (Å²) in [6, 6.07) is 0. The monoisotopic (exact) mass is 292 g/mol. The summed E-state index contributed by atoms with van der Waals surface area (Å²) >= 11 is 0. The van der Waals surface area contributed by atoms with Crippen LogP contribution in [0.2, 0.25) is 0 Å². The zero-order valence-electron chi connectivity index (χ0n) is 12.1. The van der Waals surface area contributed by atoms with Gasteiger partial charge >= 0.3 is 0 Å². The highest BCUT2D eigenvalue weighted by Crippen LogP contribution is 2.22. The van der Waals surface area contributed by atoms with E-state index in [1.807, 2.05) is 0 Å². The fraction of sp³-hybridized carbons (Fsp3) is 1.00. The number of aliphatic hydroxyl groups excluding tert-OH is 4. The number of aliphatic hydroxyl groups is 4. The van der Waals surface area contributed by atoms with Crippen LogP contribution in [0.4, 0.5) is 0 Å². The van der Waals surface area contributed by atoms with Gasteiger partial charge in [0.15, 0.2) is 6.29 Å². The van der Waals surface area contributed by atoms with Crippen LogP contribution >= 0.6 is 0 Å². The Morgan fingerprint density at radius 3 is 2.20 bits per heavy atom. The van der Waals surface area contributed by atoms with Gasteiger partial charge < -0.3 is 29.9 Å². The predicted molar refractivity (Wildman–Crippen MR) is 73.1 cm³/mol. The van der Waals surface area contributed by atoms with Crippen LogP contribution < -0.4 is 0 Å². The maximum absolute atomic E-state index is 9.75. The van der Waals surface area contributed by atoms with Gasteiger partial charge in [0.1, 0.15) is 24.4 Å². The van der Waals surface area contributed by atoms with Crippen molar-refractivity contribution in [2.45, 2.75) is 76.2 Å². The molecule has 0 amide bonds. The minimum atomic E-state index is -1.37. The molecular formula is C14H28O6. The quantitative estimate of drug-likeness (QED) is 0.452. The molecule has 4 N–H and O–H groups in total. The number of hydrogen-bond acceptors (Lipinski definition) is 6. The van der Waals surface area contributed by atoms with Crippen molar-refractivity contribution in [1.29, 1.82) is 0 Å². The Labute approximate surface area is 120 Å². The summed E-state index contributed by atoms with van der Waals surface area (Å²) < 4.78 is 10.6. The van der Waals surface area contributed by atoms with Crippen LogP contribution in [0.25, 0.3) is 0 Å². The largest absolute Gasteiger partial charge is 0.394 e. The molecule has 1 aliphatic heterocycles. The molecular weight excluding hydrogens is 264 g/mol. The highest BCUT2D eigenvalue weighted by molar-refractivity contribution is 4.88. The van der Waals surface area contributed by atoms with Crippen LogP contribution in [-0.2, 0) is 9.47 Å². The van der Waals surface area contributed by atoms with E-state index in [-0.39, 0.29) is 0 Å². The smallest absolute Gasteiger partial charge is 0.186 e. The Morgan fingerprint density at radius 2 is 1.55 bits per heavy atom. The van der Waals surface area contributed by atoms with Crippen molar-refractivity contribution in [1.82, 2.24) is 0 Å². The van der Waals surface area contributed by atoms with E-state index in [9.17, 15) is 15.3 Å². The van der Waals surface area contributed by atoms with Crippen LogP contribution in [0.5, 0.6) is 0 Å². The van der Waals surface area contributed by atoms with Gasteiger partial charge in [-0.05, 0) is 6.42 Å². The average molecular weight is 292 g/mol. The van der Waals surface area contributed by atoms with E-state index in [2.05, 4.69) is 6.92 Å². The zero-order chi connectivity index (χ0) is 15.0.